The summed E-state index contributed by atoms with van der Waals surface area (Å²) in [5.41, 5.74) is 5.98. The van der Waals surface area contributed by atoms with Crippen molar-refractivity contribution < 1.29 is 4.74 Å². The van der Waals surface area contributed by atoms with E-state index in [0.29, 0.717) is 12.0 Å². The Morgan fingerprint density at radius 2 is 2.11 bits per heavy atom. The van der Waals surface area contributed by atoms with Crippen LogP contribution in [0.5, 0.6) is 0 Å². The van der Waals surface area contributed by atoms with Gasteiger partial charge in [-0.3, -0.25) is 4.90 Å². The molecule has 18 heavy (non-hydrogen) atoms. The molecule has 1 saturated heterocycles. The van der Waals surface area contributed by atoms with Crippen LogP contribution in [0.25, 0.3) is 0 Å². The van der Waals surface area contributed by atoms with E-state index in [1.165, 1.54) is 45.2 Å². The molecule has 108 valence electrons. The summed E-state index contributed by atoms with van der Waals surface area (Å²) >= 11 is 0. The van der Waals surface area contributed by atoms with Crippen LogP contribution in [0.1, 0.15) is 46.0 Å². The van der Waals surface area contributed by atoms with E-state index in [4.69, 9.17) is 10.5 Å². The molecule has 0 bridgehead atoms. The molecular formula is C15H32N2O. The van der Waals surface area contributed by atoms with Crippen molar-refractivity contribution in [2.45, 2.75) is 52.0 Å². The summed E-state index contributed by atoms with van der Waals surface area (Å²) in [5.74, 6) is 1.47. The quantitative estimate of drug-likeness (QED) is 0.760. The first-order valence-electron chi connectivity index (χ1n) is 7.65. The fourth-order valence-corrected chi connectivity index (χ4v) is 3.33. The summed E-state index contributed by atoms with van der Waals surface area (Å²) in [4.78, 5) is 2.61. The van der Waals surface area contributed by atoms with Crippen LogP contribution in [0.4, 0.5) is 0 Å². The average molecular weight is 256 g/mol. The first-order valence-corrected chi connectivity index (χ1v) is 7.65. The van der Waals surface area contributed by atoms with Crippen LogP contribution in [0.3, 0.4) is 0 Å². The molecule has 3 heteroatoms. The predicted octanol–water partition coefficient (Wildman–Crippen LogP) is 2.50. The fourth-order valence-electron chi connectivity index (χ4n) is 3.33. The van der Waals surface area contributed by atoms with E-state index in [2.05, 4.69) is 18.7 Å². The minimum absolute atomic E-state index is 0.491. The highest BCUT2D eigenvalue weighted by molar-refractivity contribution is 4.81. The third kappa shape index (κ3) is 4.87. The van der Waals surface area contributed by atoms with Gasteiger partial charge in [-0.25, -0.2) is 0 Å². The van der Waals surface area contributed by atoms with Crippen molar-refractivity contribution in [3.05, 3.63) is 0 Å². The Bertz CT molecular complexity index is 211. The van der Waals surface area contributed by atoms with Crippen molar-refractivity contribution >= 4 is 0 Å². The van der Waals surface area contributed by atoms with Gasteiger partial charge in [0.1, 0.15) is 0 Å². The normalized spacial score (nSPS) is 25.7. The lowest BCUT2D eigenvalue weighted by Crippen LogP contribution is -2.46. The molecule has 0 radical (unpaired) electrons. The highest BCUT2D eigenvalue weighted by atomic mass is 16.5. The second kappa shape index (κ2) is 8.89. The molecule has 0 aromatic rings. The summed E-state index contributed by atoms with van der Waals surface area (Å²) in [6, 6.07) is 0.491. The smallest absolute Gasteiger partial charge is 0.0503 e. The lowest BCUT2D eigenvalue weighted by Gasteiger charge is -2.34. The van der Waals surface area contributed by atoms with Crippen LogP contribution in [-0.4, -0.2) is 44.3 Å². The average Bonchev–Trinajstić information content (AvgIpc) is 2.57. The maximum Gasteiger partial charge on any atom is 0.0503 e. The van der Waals surface area contributed by atoms with E-state index in [0.717, 1.165) is 19.1 Å². The third-order valence-electron chi connectivity index (χ3n) is 4.38. The van der Waals surface area contributed by atoms with Crippen LogP contribution < -0.4 is 5.73 Å². The molecule has 3 nitrogen and oxygen atoms in total. The van der Waals surface area contributed by atoms with E-state index in [1.807, 2.05) is 0 Å². The van der Waals surface area contributed by atoms with Crippen molar-refractivity contribution in [2.75, 3.05) is 33.4 Å². The summed E-state index contributed by atoms with van der Waals surface area (Å²) in [7, 11) is 1.78. The SMILES string of the molecule is CCCC1CCCN(C(CN)C(C)COC)CC1. The number of hydrogen-bond donors (Lipinski definition) is 1. The number of hydrogen-bond acceptors (Lipinski definition) is 3. The Morgan fingerprint density at radius 3 is 2.72 bits per heavy atom. The largest absolute Gasteiger partial charge is 0.384 e. The number of nitrogens with two attached hydrogens (primary N) is 1. The number of methoxy groups -OCH3 is 1. The molecule has 0 aromatic heterocycles. The summed E-state index contributed by atoms with van der Waals surface area (Å²) < 4.78 is 5.29. The molecule has 1 fully saturated rings. The van der Waals surface area contributed by atoms with Gasteiger partial charge in [0.25, 0.3) is 0 Å². The fraction of sp³-hybridized carbons (Fsp3) is 1.00. The Morgan fingerprint density at radius 1 is 1.33 bits per heavy atom. The van der Waals surface area contributed by atoms with Crippen LogP contribution in [0, 0.1) is 11.8 Å². The molecule has 1 heterocycles. The van der Waals surface area contributed by atoms with Gasteiger partial charge in [-0.05, 0) is 44.2 Å². The van der Waals surface area contributed by atoms with Crippen LogP contribution >= 0.6 is 0 Å². The zero-order chi connectivity index (χ0) is 13.4. The highest BCUT2D eigenvalue weighted by Gasteiger charge is 2.25. The van der Waals surface area contributed by atoms with Gasteiger partial charge in [0.05, 0.1) is 6.61 Å². The summed E-state index contributed by atoms with van der Waals surface area (Å²) in [6.45, 7) is 8.57. The number of rotatable bonds is 7. The van der Waals surface area contributed by atoms with Gasteiger partial charge in [0.2, 0.25) is 0 Å². The lowest BCUT2D eigenvalue weighted by molar-refractivity contribution is 0.0861. The Hall–Kier alpha value is -0.120. The molecule has 0 amide bonds. The van der Waals surface area contributed by atoms with Crippen LogP contribution in [0.15, 0.2) is 0 Å². The van der Waals surface area contributed by atoms with E-state index in [1.54, 1.807) is 7.11 Å². The van der Waals surface area contributed by atoms with Crippen molar-refractivity contribution in [1.82, 2.24) is 4.90 Å². The van der Waals surface area contributed by atoms with E-state index in [9.17, 15) is 0 Å². The van der Waals surface area contributed by atoms with Gasteiger partial charge in [-0.15, -0.1) is 0 Å². The minimum Gasteiger partial charge on any atom is -0.384 e. The second-order valence-electron chi connectivity index (χ2n) is 5.86. The first kappa shape index (κ1) is 15.9. The summed E-state index contributed by atoms with van der Waals surface area (Å²) in [6.07, 6.45) is 6.81. The molecule has 1 aliphatic heterocycles. The monoisotopic (exact) mass is 256 g/mol. The Labute approximate surface area is 113 Å². The molecule has 0 saturated carbocycles. The van der Waals surface area contributed by atoms with Gasteiger partial charge in [-0.1, -0.05) is 26.7 Å². The second-order valence-corrected chi connectivity index (χ2v) is 5.86. The molecule has 0 aromatic carbocycles. The molecule has 0 spiro atoms. The van der Waals surface area contributed by atoms with Crippen molar-refractivity contribution in [3.8, 4) is 0 Å². The van der Waals surface area contributed by atoms with Crippen LogP contribution in [-0.2, 0) is 4.74 Å². The topological polar surface area (TPSA) is 38.5 Å². The van der Waals surface area contributed by atoms with E-state index >= 15 is 0 Å². The maximum absolute atomic E-state index is 5.98. The molecule has 1 rings (SSSR count). The molecule has 2 N–H and O–H groups in total. The first-order chi connectivity index (χ1) is 8.72. The van der Waals surface area contributed by atoms with Gasteiger partial charge in [-0.2, -0.15) is 0 Å². The summed E-state index contributed by atoms with van der Waals surface area (Å²) in [5, 5.41) is 0. The lowest BCUT2D eigenvalue weighted by atomic mass is 9.96. The molecular weight excluding hydrogens is 224 g/mol. The van der Waals surface area contributed by atoms with Crippen molar-refractivity contribution in [3.63, 3.8) is 0 Å². The molecule has 1 aliphatic rings. The van der Waals surface area contributed by atoms with Crippen LogP contribution in [0.2, 0.25) is 0 Å². The van der Waals surface area contributed by atoms with Gasteiger partial charge < -0.3 is 10.5 Å². The Kier molecular flexibility index (Phi) is 7.87. The number of ether oxygens (including phenoxy) is 1. The number of nitrogens with zero attached hydrogens (tertiary/aromatic N) is 1. The number of likely N-dealkylation sites (tertiary alicyclic amines) is 1. The predicted molar refractivity (Wildman–Crippen MR) is 77.7 cm³/mol. The van der Waals surface area contributed by atoms with Gasteiger partial charge in [0.15, 0.2) is 0 Å². The molecule has 3 unspecified atom stereocenters. The van der Waals surface area contributed by atoms with Gasteiger partial charge in [0, 0.05) is 19.7 Å². The molecule has 3 atom stereocenters. The van der Waals surface area contributed by atoms with E-state index < -0.39 is 0 Å². The highest BCUT2D eigenvalue weighted by Crippen LogP contribution is 2.24. The maximum atomic E-state index is 5.98. The Balaban J connectivity index is 2.48. The third-order valence-corrected chi connectivity index (χ3v) is 4.38. The van der Waals surface area contributed by atoms with Gasteiger partial charge >= 0.3 is 0 Å². The van der Waals surface area contributed by atoms with E-state index in [-0.39, 0.29) is 0 Å². The zero-order valence-electron chi connectivity index (χ0n) is 12.5. The molecule has 0 aliphatic carbocycles. The minimum atomic E-state index is 0.491. The standard InChI is InChI=1S/C15H32N2O/c1-4-6-14-7-5-9-17(10-8-14)15(11-16)13(2)12-18-3/h13-15H,4-12,16H2,1-3H3. The van der Waals surface area contributed by atoms with Crippen molar-refractivity contribution in [2.24, 2.45) is 17.6 Å². The zero-order valence-corrected chi connectivity index (χ0v) is 12.5. The van der Waals surface area contributed by atoms with Crippen molar-refractivity contribution in [1.29, 1.82) is 0 Å².